The number of hydrogen-bond donors (Lipinski definition) is 0. The fraction of sp³-hybridized carbons (Fsp3) is 0. The van der Waals surface area contributed by atoms with Crippen LogP contribution in [-0.2, 0) is 0 Å². The summed E-state index contributed by atoms with van der Waals surface area (Å²) in [4.78, 5) is 25.6. The van der Waals surface area contributed by atoms with Gasteiger partial charge in [-0.1, -0.05) is 146 Å². The van der Waals surface area contributed by atoms with Crippen LogP contribution in [0.4, 0.5) is 0 Å². The highest BCUT2D eigenvalue weighted by Crippen LogP contribution is 2.48. The zero-order valence-electron chi connectivity index (χ0n) is 33.3. The van der Waals surface area contributed by atoms with Crippen molar-refractivity contribution in [2.45, 2.75) is 0 Å². The highest BCUT2D eigenvalue weighted by Gasteiger charge is 2.22. The van der Waals surface area contributed by atoms with E-state index in [4.69, 9.17) is 24.9 Å². The second-order valence-electron chi connectivity index (χ2n) is 16.1. The van der Waals surface area contributed by atoms with E-state index in [2.05, 4.69) is 158 Å². The Bertz CT molecular complexity index is 3830. The third-order valence-corrected chi connectivity index (χ3v) is 12.4. The Morgan fingerprint density at radius 2 is 0.903 bits per heavy atom. The van der Waals surface area contributed by atoms with Crippen LogP contribution in [-0.4, -0.2) is 24.9 Å². The lowest BCUT2D eigenvalue weighted by Crippen LogP contribution is -1.96. The zero-order chi connectivity index (χ0) is 40.7. The highest BCUT2D eigenvalue weighted by molar-refractivity contribution is 6.15. The van der Waals surface area contributed by atoms with Crippen molar-refractivity contribution >= 4 is 54.4 Å². The average molecular weight is 788 g/mol. The number of para-hydroxylation sites is 2. The second kappa shape index (κ2) is 13.6. The Morgan fingerprint density at radius 1 is 0.306 bits per heavy atom. The molecule has 62 heavy (non-hydrogen) atoms. The number of aromatic nitrogens is 5. The molecule has 0 unspecified atom stereocenters. The van der Waals surface area contributed by atoms with Crippen molar-refractivity contribution in [3.63, 3.8) is 0 Å². The van der Waals surface area contributed by atoms with Gasteiger partial charge in [-0.15, -0.1) is 0 Å². The molecule has 13 rings (SSSR count). The fourth-order valence-electron chi connectivity index (χ4n) is 9.36. The van der Waals surface area contributed by atoms with Crippen molar-refractivity contribution in [1.29, 1.82) is 0 Å². The molecule has 0 bridgehead atoms. The molecule has 4 aromatic heterocycles. The summed E-state index contributed by atoms with van der Waals surface area (Å²) in [6.07, 6.45) is 1.91. The van der Waals surface area contributed by atoms with Crippen molar-refractivity contribution < 1.29 is 0 Å². The molecule has 1 aliphatic carbocycles. The van der Waals surface area contributed by atoms with Crippen molar-refractivity contribution in [1.82, 2.24) is 24.9 Å². The molecule has 0 N–H and O–H groups in total. The van der Waals surface area contributed by atoms with Crippen molar-refractivity contribution in [2.75, 3.05) is 0 Å². The zero-order valence-corrected chi connectivity index (χ0v) is 33.3. The monoisotopic (exact) mass is 787 g/mol. The summed E-state index contributed by atoms with van der Waals surface area (Å²) >= 11 is 0. The van der Waals surface area contributed by atoms with Gasteiger partial charge >= 0.3 is 0 Å². The van der Waals surface area contributed by atoms with E-state index in [1.54, 1.807) is 0 Å². The third-order valence-electron chi connectivity index (χ3n) is 12.4. The summed E-state index contributed by atoms with van der Waals surface area (Å²) in [6.45, 7) is 0. The minimum Gasteiger partial charge on any atom is -0.256 e. The first kappa shape index (κ1) is 34.5. The van der Waals surface area contributed by atoms with Gasteiger partial charge < -0.3 is 0 Å². The van der Waals surface area contributed by atoms with Gasteiger partial charge in [0.25, 0.3) is 0 Å². The Hall–Kier alpha value is -8.41. The van der Waals surface area contributed by atoms with E-state index in [0.717, 1.165) is 88.5 Å². The summed E-state index contributed by atoms with van der Waals surface area (Å²) in [6, 6.07) is 68.4. The maximum absolute atomic E-state index is 5.32. The van der Waals surface area contributed by atoms with Crippen LogP contribution in [0.3, 0.4) is 0 Å². The fourth-order valence-corrected chi connectivity index (χ4v) is 9.36. The first-order valence-corrected chi connectivity index (χ1v) is 20.9. The normalized spacial score (nSPS) is 11.9. The summed E-state index contributed by atoms with van der Waals surface area (Å²) in [5.41, 5.74) is 17.6. The molecule has 8 aromatic carbocycles. The molecule has 0 radical (unpaired) electrons. The molecule has 5 heteroatoms. The van der Waals surface area contributed by atoms with Gasteiger partial charge in [-0.3, -0.25) is 4.98 Å². The van der Waals surface area contributed by atoms with Gasteiger partial charge in [-0.25, -0.2) is 19.9 Å². The molecule has 5 nitrogen and oxygen atoms in total. The molecule has 0 atom stereocenters. The molecule has 0 spiro atoms. The van der Waals surface area contributed by atoms with Crippen LogP contribution in [0.5, 0.6) is 0 Å². The first-order valence-electron chi connectivity index (χ1n) is 20.9. The van der Waals surface area contributed by atoms with Crippen molar-refractivity contribution in [2.24, 2.45) is 0 Å². The lowest BCUT2D eigenvalue weighted by Gasteiger charge is -2.11. The van der Waals surface area contributed by atoms with Crippen LogP contribution in [0.15, 0.2) is 200 Å². The largest absolute Gasteiger partial charge is 0.256 e. The molecule has 0 fully saturated rings. The van der Waals surface area contributed by atoms with E-state index in [1.807, 2.05) is 42.6 Å². The second-order valence-corrected chi connectivity index (χ2v) is 16.1. The van der Waals surface area contributed by atoms with Gasteiger partial charge in [0.1, 0.15) is 0 Å². The Kier molecular flexibility index (Phi) is 7.54. The SMILES string of the molecule is c1cc(-c2ccc3c(c2)-c2cccc4cccc-3c24)cc(-c2ccc3ccc4ccc(-c5cccc(-c6nc(-c7cnc8ccccc8c7)c7ccccc7n6)c5)nc4c3n2)c1. The smallest absolute Gasteiger partial charge is 0.160 e. The Balaban J connectivity index is 0.872. The molecular formula is C57H33N5. The van der Waals surface area contributed by atoms with Crippen LogP contribution in [0.25, 0.3) is 133 Å². The van der Waals surface area contributed by atoms with Crippen LogP contribution in [0.2, 0.25) is 0 Å². The maximum atomic E-state index is 5.32. The third kappa shape index (κ3) is 5.52. The van der Waals surface area contributed by atoms with Crippen molar-refractivity contribution in [3.8, 4) is 78.5 Å². The van der Waals surface area contributed by atoms with Gasteiger partial charge in [-0.2, -0.15) is 0 Å². The predicted octanol–water partition coefficient (Wildman–Crippen LogP) is 14.4. The van der Waals surface area contributed by atoms with Crippen LogP contribution in [0, 0.1) is 0 Å². The molecular weight excluding hydrogens is 755 g/mol. The summed E-state index contributed by atoms with van der Waals surface area (Å²) < 4.78 is 0. The number of pyridine rings is 3. The molecule has 1 aliphatic rings. The molecule has 12 aromatic rings. The number of benzene rings is 8. The average Bonchev–Trinajstić information content (AvgIpc) is 3.67. The van der Waals surface area contributed by atoms with Crippen LogP contribution in [0.1, 0.15) is 0 Å². The summed E-state index contributed by atoms with van der Waals surface area (Å²) in [7, 11) is 0. The number of rotatable bonds is 5. The molecule has 0 amide bonds. The Morgan fingerprint density at radius 3 is 1.68 bits per heavy atom. The predicted molar refractivity (Wildman–Crippen MR) is 255 cm³/mol. The van der Waals surface area contributed by atoms with Gasteiger partial charge in [0.2, 0.25) is 0 Å². The minimum atomic E-state index is 0.649. The lowest BCUT2D eigenvalue weighted by atomic mass is 9.96. The Labute approximate surface area is 356 Å². The molecule has 4 heterocycles. The van der Waals surface area contributed by atoms with Gasteiger partial charge in [0.15, 0.2) is 5.82 Å². The topological polar surface area (TPSA) is 64.5 Å². The van der Waals surface area contributed by atoms with E-state index in [0.29, 0.717) is 5.82 Å². The first-order chi connectivity index (χ1) is 30.7. The molecule has 0 saturated carbocycles. The quantitative estimate of drug-likeness (QED) is 0.163. The molecule has 286 valence electrons. The van der Waals surface area contributed by atoms with Gasteiger partial charge in [0.05, 0.1) is 39.1 Å². The lowest BCUT2D eigenvalue weighted by molar-refractivity contribution is 1.22. The van der Waals surface area contributed by atoms with Gasteiger partial charge in [-0.05, 0) is 92.7 Å². The summed E-state index contributed by atoms with van der Waals surface area (Å²) in [5, 5.41) is 6.77. The van der Waals surface area contributed by atoms with Crippen molar-refractivity contribution in [3.05, 3.63) is 200 Å². The van der Waals surface area contributed by atoms with E-state index >= 15 is 0 Å². The summed E-state index contributed by atoms with van der Waals surface area (Å²) in [5.74, 6) is 0.649. The molecule has 0 aliphatic heterocycles. The van der Waals surface area contributed by atoms with E-state index in [-0.39, 0.29) is 0 Å². The van der Waals surface area contributed by atoms with E-state index in [1.165, 1.54) is 38.6 Å². The standard InChI is InChI=1S/C57H33N5/c1-3-19-49-39(9-1)31-43(33-58-49)54-47-16-2-4-20-52(47)61-57(62-54)42-15-6-14-41(30-42)51-28-25-36-22-21-35-24-27-50(59-55(35)56(36)60-51)40-13-5-12-37(29-40)38-23-26-44-45-17-7-10-34-11-8-18-46(53(34)45)48(44)32-38/h1-33H. The minimum absolute atomic E-state index is 0.649. The van der Waals surface area contributed by atoms with Crippen LogP contribution < -0.4 is 0 Å². The van der Waals surface area contributed by atoms with E-state index < -0.39 is 0 Å². The molecule has 0 saturated heterocycles. The van der Waals surface area contributed by atoms with Gasteiger partial charge in [0, 0.05) is 50.0 Å². The number of fused-ring (bicyclic) bond motifs is 8. The van der Waals surface area contributed by atoms with E-state index in [9.17, 15) is 0 Å². The number of nitrogens with zero attached hydrogens (tertiary/aromatic N) is 5. The maximum Gasteiger partial charge on any atom is 0.160 e. The highest BCUT2D eigenvalue weighted by atomic mass is 14.9. The number of hydrogen-bond acceptors (Lipinski definition) is 5. The van der Waals surface area contributed by atoms with Crippen LogP contribution >= 0.6 is 0 Å².